The van der Waals surface area contributed by atoms with E-state index in [0.717, 1.165) is 24.7 Å². The monoisotopic (exact) mass is 499 g/mol. The first-order chi connectivity index (χ1) is 13.0. The lowest BCUT2D eigenvalue weighted by Gasteiger charge is -2.17. The standard InChI is InChI=1S/C21H33N5O.HI/c1-15-8-7-9-19(12-15)16(2)13-23-21(22-5)24-14-20-17(3)25-26(18(20)4)10-11-27-6;/h7-9,12,16H,10-11,13-14H2,1-6H3,(H2,22,23,24);1H. The molecule has 0 bridgehead atoms. The molecule has 7 heteroatoms. The molecule has 0 radical (unpaired) electrons. The molecule has 2 aromatic rings. The van der Waals surface area contributed by atoms with Crippen LogP contribution in [0.25, 0.3) is 0 Å². The van der Waals surface area contributed by atoms with Gasteiger partial charge in [0.25, 0.3) is 0 Å². The maximum atomic E-state index is 5.16. The van der Waals surface area contributed by atoms with Gasteiger partial charge in [-0.1, -0.05) is 36.8 Å². The van der Waals surface area contributed by atoms with Crippen LogP contribution in [0.1, 0.15) is 40.9 Å². The second-order valence-corrected chi connectivity index (χ2v) is 6.99. The maximum absolute atomic E-state index is 5.16. The van der Waals surface area contributed by atoms with Gasteiger partial charge in [-0.3, -0.25) is 9.67 Å². The molecular formula is C21H34IN5O. The average Bonchev–Trinajstić information content (AvgIpc) is 2.93. The molecule has 1 atom stereocenters. The van der Waals surface area contributed by atoms with Crippen molar-refractivity contribution >= 4 is 29.9 Å². The van der Waals surface area contributed by atoms with E-state index in [1.807, 2.05) is 11.6 Å². The largest absolute Gasteiger partial charge is 0.383 e. The molecule has 28 heavy (non-hydrogen) atoms. The lowest BCUT2D eigenvalue weighted by molar-refractivity contribution is 0.182. The number of hydrogen-bond donors (Lipinski definition) is 2. The predicted octanol–water partition coefficient (Wildman–Crippen LogP) is 3.54. The van der Waals surface area contributed by atoms with Crippen molar-refractivity contribution in [2.45, 2.75) is 46.7 Å². The van der Waals surface area contributed by atoms with E-state index in [1.54, 1.807) is 14.2 Å². The van der Waals surface area contributed by atoms with Crippen LogP contribution in [0.2, 0.25) is 0 Å². The highest BCUT2D eigenvalue weighted by Crippen LogP contribution is 2.15. The Labute approximate surface area is 186 Å². The smallest absolute Gasteiger partial charge is 0.191 e. The topological polar surface area (TPSA) is 63.5 Å². The summed E-state index contributed by atoms with van der Waals surface area (Å²) in [4.78, 5) is 4.35. The molecule has 1 aromatic carbocycles. The molecule has 2 rings (SSSR count). The summed E-state index contributed by atoms with van der Waals surface area (Å²) < 4.78 is 7.16. The number of nitrogens with one attached hydrogen (secondary N) is 2. The Balaban J connectivity index is 0.00000392. The Morgan fingerprint density at radius 1 is 1.25 bits per heavy atom. The zero-order valence-electron chi connectivity index (χ0n) is 17.9. The Hall–Kier alpha value is -1.61. The second kappa shape index (κ2) is 12.1. The summed E-state index contributed by atoms with van der Waals surface area (Å²) in [6, 6.07) is 8.66. The summed E-state index contributed by atoms with van der Waals surface area (Å²) in [6.07, 6.45) is 0. The summed E-state index contributed by atoms with van der Waals surface area (Å²) in [5.41, 5.74) is 6.04. The number of rotatable bonds is 8. The number of ether oxygens (including phenoxy) is 1. The molecule has 156 valence electrons. The Kier molecular flexibility index (Phi) is 10.5. The van der Waals surface area contributed by atoms with Crippen LogP contribution in [0.15, 0.2) is 29.3 Å². The quantitative estimate of drug-likeness (QED) is 0.332. The van der Waals surface area contributed by atoms with Gasteiger partial charge in [0.1, 0.15) is 0 Å². The highest BCUT2D eigenvalue weighted by atomic mass is 127. The van der Waals surface area contributed by atoms with E-state index >= 15 is 0 Å². The van der Waals surface area contributed by atoms with Crippen molar-refractivity contribution in [1.29, 1.82) is 0 Å². The predicted molar refractivity (Wildman–Crippen MR) is 127 cm³/mol. The molecule has 0 amide bonds. The third-order valence-electron chi connectivity index (χ3n) is 4.88. The van der Waals surface area contributed by atoms with Crippen molar-refractivity contribution in [3.8, 4) is 0 Å². The molecule has 1 aromatic heterocycles. The Morgan fingerprint density at radius 3 is 2.64 bits per heavy atom. The van der Waals surface area contributed by atoms with E-state index in [1.165, 1.54) is 22.4 Å². The summed E-state index contributed by atoms with van der Waals surface area (Å²) >= 11 is 0. The molecule has 1 heterocycles. The van der Waals surface area contributed by atoms with Crippen LogP contribution >= 0.6 is 24.0 Å². The van der Waals surface area contributed by atoms with Gasteiger partial charge in [-0.2, -0.15) is 5.10 Å². The zero-order valence-corrected chi connectivity index (χ0v) is 20.2. The van der Waals surface area contributed by atoms with Crippen molar-refractivity contribution in [3.63, 3.8) is 0 Å². The van der Waals surface area contributed by atoms with Crippen LogP contribution in [0.5, 0.6) is 0 Å². The van der Waals surface area contributed by atoms with Crippen LogP contribution in [-0.4, -0.2) is 43.0 Å². The molecule has 0 aliphatic heterocycles. The summed E-state index contributed by atoms with van der Waals surface area (Å²) in [5.74, 6) is 1.21. The van der Waals surface area contributed by atoms with Gasteiger partial charge in [0, 0.05) is 38.5 Å². The SMILES string of the molecule is CN=C(NCc1c(C)nn(CCOC)c1C)NCC(C)c1cccc(C)c1.I. The number of aromatic nitrogens is 2. The number of aliphatic imine (C=N–C) groups is 1. The fraction of sp³-hybridized carbons (Fsp3) is 0.524. The molecule has 1 unspecified atom stereocenters. The molecular weight excluding hydrogens is 465 g/mol. The van der Waals surface area contributed by atoms with Crippen LogP contribution < -0.4 is 10.6 Å². The van der Waals surface area contributed by atoms with Gasteiger partial charge in [-0.15, -0.1) is 24.0 Å². The molecule has 0 fully saturated rings. The first kappa shape index (κ1) is 24.4. The first-order valence-electron chi connectivity index (χ1n) is 9.49. The number of benzene rings is 1. The molecule has 0 saturated carbocycles. The highest BCUT2D eigenvalue weighted by molar-refractivity contribution is 14.0. The van der Waals surface area contributed by atoms with Crippen LogP contribution in [0, 0.1) is 20.8 Å². The second-order valence-electron chi connectivity index (χ2n) is 6.99. The molecule has 0 saturated heterocycles. The van der Waals surface area contributed by atoms with Gasteiger partial charge in [-0.25, -0.2) is 0 Å². The van der Waals surface area contributed by atoms with Crippen LogP contribution in [-0.2, 0) is 17.8 Å². The summed E-state index contributed by atoms with van der Waals surface area (Å²) in [7, 11) is 3.51. The minimum Gasteiger partial charge on any atom is -0.383 e. The molecule has 0 spiro atoms. The van der Waals surface area contributed by atoms with Gasteiger partial charge in [0.05, 0.1) is 18.8 Å². The van der Waals surface area contributed by atoms with E-state index in [0.29, 0.717) is 19.1 Å². The van der Waals surface area contributed by atoms with Crippen molar-refractivity contribution in [2.75, 3.05) is 27.3 Å². The zero-order chi connectivity index (χ0) is 19.8. The highest BCUT2D eigenvalue weighted by Gasteiger charge is 2.12. The third kappa shape index (κ3) is 6.77. The van der Waals surface area contributed by atoms with Crippen molar-refractivity contribution < 1.29 is 4.74 Å². The first-order valence-corrected chi connectivity index (χ1v) is 9.49. The minimum atomic E-state index is 0. The molecule has 2 N–H and O–H groups in total. The maximum Gasteiger partial charge on any atom is 0.191 e. The van der Waals surface area contributed by atoms with Crippen LogP contribution in [0.4, 0.5) is 0 Å². The summed E-state index contributed by atoms with van der Waals surface area (Å²) in [6.45, 7) is 11.5. The normalized spacial score (nSPS) is 12.4. The Morgan fingerprint density at radius 2 is 2.00 bits per heavy atom. The lowest BCUT2D eigenvalue weighted by Crippen LogP contribution is -2.38. The average molecular weight is 499 g/mol. The fourth-order valence-corrected chi connectivity index (χ4v) is 3.12. The molecule has 0 aliphatic rings. The minimum absolute atomic E-state index is 0. The number of aryl methyl sites for hydroxylation is 2. The number of halogens is 1. The van der Waals surface area contributed by atoms with Gasteiger partial charge >= 0.3 is 0 Å². The number of methoxy groups -OCH3 is 1. The van der Waals surface area contributed by atoms with Crippen LogP contribution in [0.3, 0.4) is 0 Å². The number of guanidine groups is 1. The number of hydrogen-bond acceptors (Lipinski definition) is 3. The van der Waals surface area contributed by atoms with Crippen molar-refractivity contribution in [1.82, 2.24) is 20.4 Å². The van der Waals surface area contributed by atoms with E-state index in [9.17, 15) is 0 Å². The Bertz CT molecular complexity index is 772. The van der Waals surface area contributed by atoms with E-state index in [4.69, 9.17) is 4.74 Å². The van der Waals surface area contributed by atoms with E-state index in [2.05, 4.69) is 65.8 Å². The van der Waals surface area contributed by atoms with E-state index < -0.39 is 0 Å². The van der Waals surface area contributed by atoms with E-state index in [-0.39, 0.29) is 24.0 Å². The van der Waals surface area contributed by atoms with Gasteiger partial charge in [0.15, 0.2) is 5.96 Å². The molecule has 6 nitrogen and oxygen atoms in total. The van der Waals surface area contributed by atoms with Gasteiger partial charge in [0.2, 0.25) is 0 Å². The van der Waals surface area contributed by atoms with Crippen molar-refractivity contribution in [2.24, 2.45) is 4.99 Å². The van der Waals surface area contributed by atoms with Gasteiger partial charge in [-0.05, 0) is 32.3 Å². The fourth-order valence-electron chi connectivity index (χ4n) is 3.12. The van der Waals surface area contributed by atoms with Gasteiger partial charge < -0.3 is 15.4 Å². The number of nitrogens with zero attached hydrogens (tertiary/aromatic N) is 3. The summed E-state index contributed by atoms with van der Waals surface area (Å²) in [5, 5.41) is 11.4. The third-order valence-corrected chi connectivity index (χ3v) is 4.88. The molecule has 0 aliphatic carbocycles. The lowest BCUT2D eigenvalue weighted by atomic mass is 9.99. The van der Waals surface area contributed by atoms with Crippen molar-refractivity contribution in [3.05, 3.63) is 52.3 Å².